The number of carbonyl (C=O) groups is 1. The summed E-state index contributed by atoms with van der Waals surface area (Å²) < 4.78 is 79.3. The Morgan fingerprint density at radius 1 is 1.43 bits per heavy atom. The van der Waals surface area contributed by atoms with Gasteiger partial charge < -0.3 is 19.3 Å². The minimum Gasteiger partial charge on any atom is -0.459 e. The molecule has 10 heteroatoms. The molecule has 1 aliphatic heterocycles. The molecule has 1 rings (SSSR count). The highest BCUT2D eigenvalue weighted by Crippen LogP contribution is 2.53. The molecule has 1 fully saturated rings. The van der Waals surface area contributed by atoms with E-state index in [0.717, 1.165) is 6.92 Å². The summed E-state index contributed by atoms with van der Waals surface area (Å²) in [6, 6.07) is 0. The highest BCUT2D eigenvalue weighted by molar-refractivity contribution is 5.81. The van der Waals surface area contributed by atoms with E-state index in [4.69, 9.17) is 0 Å². The van der Waals surface area contributed by atoms with E-state index in [-0.39, 0.29) is 0 Å². The van der Waals surface area contributed by atoms with Gasteiger partial charge in [-0.05, 0) is 13.8 Å². The second-order valence-corrected chi connectivity index (χ2v) is 4.56. The lowest BCUT2D eigenvalue weighted by atomic mass is 9.89. The summed E-state index contributed by atoms with van der Waals surface area (Å²) in [6.07, 6.45) is -6.97. The van der Waals surface area contributed by atoms with E-state index in [2.05, 4.69) is 20.8 Å². The van der Waals surface area contributed by atoms with Crippen LogP contribution in [0.4, 0.5) is 22.0 Å². The number of rotatable bonds is 3. The van der Waals surface area contributed by atoms with Crippen LogP contribution < -0.4 is 0 Å². The van der Waals surface area contributed by atoms with Crippen molar-refractivity contribution in [2.75, 3.05) is 6.61 Å². The van der Waals surface area contributed by atoms with E-state index in [1.54, 1.807) is 0 Å². The molecule has 3 atom stereocenters. The van der Waals surface area contributed by atoms with E-state index in [1.807, 2.05) is 0 Å². The molecule has 1 saturated heterocycles. The van der Waals surface area contributed by atoms with Crippen LogP contribution in [0.2, 0.25) is 0 Å². The number of hydrogen-bond acceptors (Lipinski definition) is 5. The predicted octanol–water partition coefficient (Wildman–Crippen LogP) is 1.75. The lowest BCUT2D eigenvalue weighted by molar-refractivity contribution is -0.519. The molecule has 5 nitrogen and oxygen atoms in total. The number of carbonyl (C=O) groups excluding carboxylic acids is 1. The monoisotopic (exact) mass is 320 g/mol. The van der Waals surface area contributed by atoms with Gasteiger partial charge in [0.1, 0.15) is 6.61 Å². The maximum atomic E-state index is 14.1. The van der Waals surface area contributed by atoms with Gasteiger partial charge in [0.25, 0.3) is 0 Å². The van der Waals surface area contributed by atoms with Crippen LogP contribution in [0.3, 0.4) is 0 Å². The number of hydrogen-bond donors (Lipinski definition) is 1. The average Bonchev–Trinajstić information content (AvgIpc) is 2.32. The lowest BCUT2D eigenvalue weighted by Gasteiger charge is -2.50. The van der Waals surface area contributed by atoms with Crippen molar-refractivity contribution < 1.29 is 46.1 Å². The Labute approximate surface area is 116 Å². The van der Waals surface area contributed by atoms with Crippen LogP contribution in [0.5, 0.6) is 0 Å². The smallest absolute Gasteiger partial charge is 0.449 e. The molecule has 0 spiro atoms. The molecule has 0 amide bonds. The topological polar surface area (TPSA) is 65.0 Å². The second kappa shape index (κ2) is 5.18. The van der Waals surface area contributed by atoms with Crippen LogP contribution in [0.25, 0.3) is 0 Å². The SMILES string of the molecule is C=CC(=O)OCC1(C)OC(C)OC(O)(C(F)(F)F)C1(F)F. The van der Waals surface area contributed by atoms with Crippen LogP contribution in [0, 0.1) is 0 Å². The van der Waals surface area contributed by atoms with Crippen LogP contribution in [-0.2, 0) is 19.0 Å². The van der Waals surface area contributed by atoms with Gasteiger partial charge in [0.15, 0.2) is 11.9 Å². The van der Waals surface area contributed by atoms with Crippen LogP contribution in [-0.4, -0.2) is 47.5 Å². The van der Waals surface area contributed by atoms with Crippen molar-refractivity contribution >= 4 is 5.97 Å². The van der Waals surface area contributed by atoms with Crippen molar-refractivity contribution in [2.45, 2.75) is 43.6 Å². The summed E-state index contributed by atoms with van der Waals surface area (Å²) in [5.41, 5.74) is -2.95. The number of alkyl halides is 5. The Bertz CT molecular complexity index is 437. The molecule has 0 aromatic heterocycles. The van der Waals surface area contributed by atoms with E-state index < -0.39 is 42.4 Å². The van der Waals surface area contributed by atoms with Crippen LogP contribution >= 0.6 is 0 Å². The zero-order chi connectivity index (χ0) is 16.7. The summed E-state index contributed by atoms with van der Waals surface area (Å²) in [5, 5.41) is 9.33. The Morgan fingerprint density at radius 3 is 2.38 bits per heavy atom. The molecule has 122 valence electrons. The summed E-state index contributed by atoms with van der Waals surface area (Å²) in [4.78, 5) is 10.9. The van der Waals surface area contributed by atoms with Gasteiger partial charge in [0.05, 0.1) is 0 Å². The van der Waals surface area contributed by atoms with E-state index in [0.29, 0.717) is 13.0 Å². The summed E-state index contributed by atoms with van der Waals surface area (Å²) >= 11 is 0. The van der Waals surface area contributed by atoms with Gasteiger partial charge in [-0.3, -0.25) is 0 Å². The first-order chi connectivity index (χ1) is 9.31. The Kier molecular flexibility index (Phi) is 4.39. The van der Waals surface area contributed by atoms with E-state index in [9.17, 15) is 31.9 Å². The number of aliphatic hydroxyl groups is 1. The van der Waals surface area contributed by atoms with Gasteiger partial charge in [-0.2, -0.15) is 22.0 Å². The fraction of sp³-hybridized carbons (Fsp3) is 0.727. The second-order valence-electron chi connectivity index (χ2n) is 4.56. The molecule has 0 bridgehead atoms. The molecule has 1 aliphatic rings. The number of ether oxygens (including phenoxy) is 3. The summed E-state index contributed by atoms with van der Waals surface area (Å²) in [7, 11) is 0. The fourth-order valence-corrected chi connectivity index (χ4v) is 1.77. The standard InChI is InChI=1S/C11H13F5O5/c1-4-7(17)19-5-8(3)9(12,13)10(18,11(14,15)16)21-6(2)20-8/h4,6,18H,1,5H2,2-3H3. The third kappa shape index (κ3) is 2.74. The van der Waals surface area contributed by atoms with Gasteiger partial charge in [0.2, 0.25) is 0 Å². The van der Waals surface area contributed by atoms with Crippen molar-refractivity contribution in [3.63, 3.8) is 0 Å². The highest BCUT2D eigenvalue weighted by atomic mass is 19.4. The Balaban J connectivity index is 3.20. The summed E-state index contributed by atoms with van der Waals surface area (Å²) in [5.74, 6) is -10.8. The first kappa shape index (κ1) is 17.8. The van der Waals surface area contributed by atoms with Crippen LogP contribution in [0.15, 0.2) is 12.7 Å². The van der Waals surface area contributed by atoms with Gasteiger partial charge in [-0.1, -0.05) is 6.58 Å². The molecule has 3 unspecified atom stereocenters. The van der Waals surface area contributed by atoms with Gasteiger partial charge in [-0.25, -0.2) is 4.79 Å². The minimum atomic E-state index is -5.79. The van der Waals surface area contributed by atoms with Gasteiger partial charge in [-0.15, -0.1) is 0 Å². The number of esters is 1. The maximum absolute atomic E-state index is 14.1. The maximum Gasteiger partial charge on any atom is 0.449 e. The van der Waals surface area contributed by atoms with Crippen molar-refractivity contribution in [1.82, 2.24) is 0 Å². The van der Waals surface area contributed by atoms with Gasteiger partial charge in [0, 0.05) is 6.08 Å². The summed E-state index contributed by atoms with van der Waals surface area (Å²) in [6.45, 7) is 3.23. The molecule has 0 aromatic rings. The van der Waals surface area contributed by atoms with Crippen molar-refractivity contribution in [2.24, 2.45) is 0 Å². The molecule has 0 radical (unpaired) electrons. The zero-order valence-corrected chi connectivity index (χ0v) is 11.0. The molecule has 1 N–H and O–H groups in total. The third-order valence-electron chi connectivity index (χ3n) is 2.89. The molecular formula is C11H13F5O5. The zero-order valence-electron chi connectivity index (χ0n) is 11.0. The third-order valence-corrected chi connectivity index (χ3v) is 2.89. The lowest BCUT2D eigenvalue weighted by Crippen LogP contribution is -2.75. The molecular weight excluding hydrogens is 307 g/mol. The molecule has 0 aromatic carbocycles. The highest BCUT2D eigenvalue weighted by Gasteiger charge is 2.80. The average molecular weight is 320 g/mol. The first-order valence-corrected chi connectivity index (χ1v) is 5.62. The Morgan fingerprint density at radius 2 is 1.95 bits per heavy atom. The number of halogens is 5. The molecule has 1 heterocycles. The van der Waals surface area contributed by atoms with Crippen molar-refractivity contribution in [1.29, 1.82) is 0 Å². The predicted molar refractivity (Wildman–Crippen MR) is 57.1 cm³/mol. The fourth-order valence-electron chi connectivity index (χ4n) is 1.77. The van der Waals surface area contributed by atoms with E-state index in [1.165, 1.54) is 0 Å². The minimum absolute atomic E-state index is 0.569. The Hall–Kier alpha value is -1.26. The molecule has 0 saturated carbocycles. The van der Waals surface area contributed by atoms with Gasteiger partial charge >= 0.3 is 23.9 Å². The normalized spacial score (nSPS) is 36.1. The van der Waals surface area contributed by atoms with E-state index >= 15 is 0 Å². The largest absolute Gasteiger partial charge is 0.459 e. The molecule has 21 heavy (non-hydrogen) atoms. The molecule has 0 aliphatic carbocycles. The quantitative estimate of drug-likeness (QED) is 0.488. The van der Waals surface area contributed by atoms with Crippen LogP contribution in [0.1, 0.15) is 13.8 Å². The van der Waals surface area contributed by atoms with Crippen molar-refractivity contribution in [3.05, 3.63) is 12.7 Å². The van der Waals surface area contributed by atoms with Crippen molar-refractivity contribution in [3.8, 4) is 0 Å². The first-order valence-electron chi connectivity index (χ1n) is 5.62.